The number of anilines is 1. The smallest absolute Gasteiger partial charge is 0.324 e. The number of hydrogen-bond donors (Lipinski definition) is 3. The number of aliphatic hydroxyl groups is 1. The quantitative estimate of drug-likeness (QED) is 0.725. The Morgan fingerprint density at radius 3 is 2.80 bits per heavy atom. The zero-order valence-corrected chi connectivity index (χ0v) is 13.9. The van der Waals surface area contributed by atoms with Crippen molar-refractivity contribution < 1.29 is 19.5 Å². The standard InChI is InChI=1S/C17H22N4O4/c22-12-4-3-8-20(11-12)16(24)13-5-1-2-6-14(13)19-10-15(23)21-9-7-18-17(21)25/h1-2,5-6,12,19,22H,3-4,7-11H2,(H,18,25). The molecule has 25 heavy (non-hydrogen) atoms. The van der Waals surface area contributed by atoms with E-state index in [9.17, 15) is 19.5 Å². The predicted molar refractivity (Wildman–Crippen MR) is 91.2 cm³/mol. The number of para-hydroxylation sites is 1. The van der Waals surface area contributed by atoms with Gasteiger partial charge in [-0.3, -0.25) is 14.5 Å². The molecule has 0 bridgehead atoms. The topological polar surface area (TPSA) is 102 Å². The second-order valence-corrected chi connectivity index (χ2v) is 6.22. The van der Waals surface area contributed by atoms with Crippen LogP contribution in [0, 0.1) is 0 Å². The van der Waals surface area contributed by atoms with E-state index in [-0.39, 0.29) is 18.4 Å². The van der Waals surface area contributed by atoms with Crippen LogP contribution in [0.15, 0.2) is 24.3 Å². The minimum atomic E-state index is -0.493. The van der Waals surface area contributed by atoms with E-state index < -0.39 is 12.1 Å². The molecule has 2 aliphatic heterocycles. The molecule has 2 aliphatic rings. The van der Waals surface area contributed by atoms with Gasteiger partial charge in [-0.25, -0.2) is 4.79 Å². The number of amides is 4. The first-order valence-corrected chi connectivity index (χ1v) is 8.44. The lowest BCUT2D eigenvalue weighted by atomic mass is 10.1. The largest absolute Gasteiger partial charge is 0.391 e. The number of carbonyl (C=O) groups excluding carboxylic acids is 3. The van der Waals surface area contributed by atoms with Crippen LogP contribution < -0.4 is 10.6 Å². The summed E-state index contributed by atoms with van der Waals surface area (Å²) in [6.45, 7) is 1.67. The van der Waals surface area contributed by atoms with Gasteiger partial charge in [0, 0.05) is 31.9 Å². The highest BCUT2D eigenvalue weighted by molar-refractivity contribution is 6.01. The number of imide groups is 1. The lowest BCUT2D eigenvalue weighted by molar-refractivity contribution is -0.125. The maximum atomic E-state index is 12.7. The lowest BCUT2D eigenvalue weighted by Gasteiger charge is -2.30. The molecule has 0 saturated carbocycles. The van der Waals surface area contributed by atoms with Gasteiger partial charge in [-0.05, 0) is 25.0 Å². The van der Waals surface area contributed by atoms with Crippen LogP contribution in [0.5, 0.6) is 0 Å². The first-order chi connectivity index (χ1) is 12.1. The molecule has 0 aromatic heterocycles. The van der Waals surface area contributed by atoms with Crippen LogP contribution in [-0.2, 0) is 4.79 Å². The molecule has 3 rings (SSSR count). The highest BCUT2D eigenvalue weighted by Gasteiger charge is 2.27. The highest BCUT2D eigenvalue weighted by Crippen LogP contribution is 2.20. The second-order valence-electron chi connectivity index (χ2n) is 6.22. The van der Waals surface area contributed by atoms with Gasteiger partial charge in [0.05, 0.1) is 18.2 Å². The number of nitrogens with zero attached hydrogens (tertiary/aromatic N) is 2. The highest BCUT2D eigenvalue weighted by atomic mass is 16.3. The molecule has 3 N–H and O–H groups in total. The first kappa shape index (κ1) is 17.2. The minimum Gasteiger partial charge on any atom is -0.391 e. The summed E-state index contributed by atoms with van der Waals surface area (Å²) in [6.07, 6.45) is 0.981. The molecule has 2 heterocycles. The van der Waals surface area contributed by atoms with Crippen LogP contribution >= 0.6 is 0 Å². The van der Waals surface area contributed by atoms with Crippen molar-refractivity contribution in [3.05, 3.63) is 29.8 Å². The van der Waals surface area contributed by atoms with Crippen LogP contribution in [0.4, 0.5) is 10.5 Å². The van der Waals surface area contributed by atoms with Gasteiger partial charge in [0.25, 0.3) is 5.91 Å². The normalized spacial score (nSPS) is 20.4. The summed E-state index contributed by atoms with van der Waals surface area (Å²) in [4.78, 5) is 39.2. The Labute approximate surface area is 145 Å². The third-order valence-electron chi connectivity index (χ3n) is 4.43. The van der Waals surface area contributed by atoms with Crippen molar-refractivity contribution >= 4 is 23.5 Å². The molecule has 1 atom stereocenters. The van der Waals surface area contributed by atoms with E-state index in [0.717, 1.165) is 11.3 Å². The SMILES string of the molecule is O=C(c1ccccc1NCC(=O)N1CCNC1=O)N1CCCC(O)C1. The fourth-order valence-corrected chi connectivity index (χ4v) is 3.11. The molecular formula is C17H22N4O4. The van der Waals surface area contributed by atoms with E-state index >= 15 is 0 Å². The van der Waals surface area contributed by atoms with Crippen LogP contribution in [0.3, 0.4) is 0 Å². The molecule has 8 heteroatoms. The number of nitrogens with one attached hydrogen (secondary N) is 2. The predicted octanol–water partition coefficient (Wildman–Crippen LogP) is 0.247. The van der Waals surface area contributed by atoms with Crippen molar-refractivity contribution in [2.45, 2.75) is 18.9 Å². The number of benzene rings is 1. The molecular weight excluding hydrogens is 324 g/mol. The Hall–Kier alpha value is -2.61. The maximum absolute atomic E-state index is 12.7. The molecule has 1 unspecified atom stereocenters. The van der Waals surface area contributed by atoms with Gasteiger partial charge in [-0.2, -0.15) is 0 Å². The summed E-state index contributed by atoms with van der Waals surface area (Å²) >= 11 is 0. The van der Waals surface area contributed by atoms with Crippen LogP contribution in [0.2, 0.25) is 0 Å². The molecule has 4 amide bonds. The fourth-order valence-electron chi connectivity index (χ4n) is 3.11. The van der Waals surface area contributed by atoms with Gasteiger partial charge in [0.1, 0.15) is 0 Å². The number of carbonyl (C=O) groups is 3. The summed E-state index contributed by atoms with van der Waals surface area (Å²) in [5.74, 6) is -0.515. The van der Waals surface area contributed by atoms with Gasteiger partial charge < -0.3 is 20.6 Å². The number of aliphatic hydroxyl groups excluding tert-OH is 1. The zero-order valence-electron chi connectivity index (χ0n) is 13.9. The van der Waals surface area contributed by atoms with Crippen molar-refractivity contribution in [3.63, 3.8) is 0 Å². The molecule has 1 aromatic rings. The summed E-state index contributed by atoms with van der Waals surface area (Å²) in [5, 5.41) is 15.3. The summed E-state index contributed by atoms with van der Waals surface area (Å²) in [5.41, 5.74) is 0.996. The number of urea groups is 1. The van der Waals surface area contributed by atoms with Crippen LogP contribution in [0.1, 0.15) is 23.2 Å². The number of piperidine rings is 1. The van der Waals surface area contributed by atoms with E-state index in [4.69, 9.17) is 0 Å². The third-order valence-corrected chi connectivity index (χ3v) is 4.43. The van der Waals surface area contributed by atoms with Gasteiger partial charge in [0.2, 0.25) is 5.91 Å². The number of hydrogen-bond acceptors (Lipinski definition) is 5. The average Bonchev–Trinajstić information content (AvgIpc) is 3.05. The van der Waals surface area contributed by atoms with E-state index in [1.165, 1.54) is 0 Å². The van der Waals surface area contributed by atoms with Gasteiger partial charge in [-0.1, -0.05) is 12.1 Å². The first-order valence-electron chi connectivity index (χ1n) is 8.44. The number of likely N-dealkylation sites (tertiary alicyclic amines) is 1. The summed E-state index contributed by atoms with van der Waals surface area (Å²) in [6, 6.07) is 6.56. The summed E-state index contributed by atoms with van der Waals surface area (Å²) in [7, 11) is 0. The Bertz CT molecular complexity index is 678. The van der Waals surface area contributed by atoms with E-state index in [1.54, 1.807) is 29.2 Å². The number of rotatable bonds is 4. The van der Waals surface area contributed by atoms with Gasteiger partial charge in [-0.15, -0.1) is 0 Å². The maximum Gasteiger partial charge on any atom is 0.324 e. The zero-order chi connectivity index (χ0) is 17.8. The Morgan fingerprint density at radius 1 is 1.28 bits per heavy atom. The van der Waals surface area contributed by atoms with Gasteiger partial charge in [0.15, 0.2) is 0 Å². The Kier molecular flexibility index (Phi) is 5.18. The second kappa shape index (κ2) is 7.52. The molecule has 0 spiro atoms. The molecule has 0 radical (unpaired) electrons. The van der Waals surface area contributed by atoms with Crippen molar-refractivity contribution in [1.29, 1.82) is 0 Å². The van der Waals surface area contributed by atoms with Crippen molar-refractivity contribution in [1.82, 2.24) is 15.1 Å². The van der Waals surface area contributed by atoms with Crippen LogP contribution in [0.25, 0.3) is 0 Å². The third kappa shape index (κ3) is 3.90. The average molecular weight is 346 g/mol. The molecule has 134 valence electrons. The molecule has 2 fully saturated rings. The van der Waals surface area contributed by atoms with Crippen LogP contribution in [-0.4, -0.2) is 71.6 Å². The Balaban J connectivity index is 1.67. The van der Waals surface area contributed by atoms with E-state index in [0.29, 0.717) is 43.9 Å². The van der Waals surface area contributed by atoms with Crippen molar-refractivity contribution in [2.75, 3.05) is 38.0 Å². The summed E-state index contributed by atoms with van der Waals surface area (Å²) < 4.78 is 0. The van der Waals surface area contributed by atoms with Crippen molar-refractivity contribution in [2.24, 2.45) is 0 Å². The molecule has 0 aliphatic carbocycles. The lowest BCUT2D eigenvalue weighted by Crippen LogP contribution is -2.42. The monoisotopic (exact) mass is 346 g/mol. The molecule has 2 saturated heterocycles. The molecule has 8 nitrogen and oxygen atoms in total. The van der Waals surface area contributed by atoms with E-state index in [2.05, 4.69) is 10.6 Å². The minimum absolute atomic E-state index is 0.0691. The van der Waals surface area contributed by atoms with Crippen molar-refractivity contribution in [3.8, 4) is 0 Å². The number of β-amino-alcohol motifs (C(OH)–C–C–N with tert-alkyl or cyclic N) is 1. The van der Waals surface area contributed by atoms with Gasteiger partial charge >= 0.3 is 6.03 Å². The Morgan fingerprint density at radius 2 is 2.08 bits per heavy atom. The fraction of sp³-hybridized carbons (Fsp3) is 0.471. The van der Waals surface area contributed by atoms with E-state index in [1.807, 2.05) is 0 Å². The molecule has 1 aromatic carbocycles.